The van der Waals surface area contributed by atoms with Crippen molar-refractivity contribution in [3.05, 3.63) is 22.8 Å². The van der Waals surface area contributed by atoms with Crippen LogP contribution in [0.1, 0.15) is 29.7 Å². The largest absolute Gasteiger partial charge is 0.375 e. The molecule has 1 aromatic heterocycles. The fourth-order valence-electron chi connectivity index (χ4n) is 1.10. The molecule has 0 atom stereocenters. The van der Waals surface area contributed by atoms with Crippen LogP contribution in [0.2, 0.25) is 0 Å². The van der Waals surface area contributed by atoms with E-state index >= 15 is 0 Å². The van der Waals surface area contributed by atoms with Gasteiger partial charge >= 0.3 is 0 Å². The van der Waals surface area contributed by atoms with Gasteiger partial charge in [0.15, 0.2) is 0 Å². The van der Waals surface area contributed by atoms with Crippen LogP contribution >= 0.6 is 0 Å². The van der Waals surface area contributed by atoms with Crippen LogP contribution < -0.4 is 0 Å². The van der Waals surface area contributed by atoms with E-state index in [1.807, 2.05) is 27.7 Å². The summed E-state index contributed by atoms with van der Waals surface area (Å²) in [5, 5.41) is 0. The first-order valence-corrected chi connectivity index (χ1v) is 4.53. The molecule has 0 amide bonds. The Balaban J connectivity index is 2.88. The van der Waals surface area contributed by atoms with Gasteiger partial charge in [0, 0.05) is 6.61 Å². The third-order valence-electron chi connectivity index (χ3n) is 2.02. The molecule has 1 aromatic rings. The second kappa shape index (κ2) is 4.33. The molecule has 3 heteroatoms. The van der Waals surface area contributed by atoms with Crippen molar-refractivity contribution in [2.45, 2.75) is 34.3 Å². The molecule has 0 fully saturated rings. The average Bonchev–Trinajstić information content (AvgIpc) is 2.09. The van der Waals surface area contributed by atoms with Gasteiger partial charge in [0.05, 0.1) is 29.4 Å². The van der Waals surface area contributed by atoms with Crippen molar-refractivity contribution < 1.29 is 4.74 Å². The maximum atomic E-state index is 5.29. The lowest BCUT2D eigenvalue weighted by atomic mass is 10.3. The number of rotatable bonds is 3. The lowest BCUT2D eigenvalue weighted by Gasteiger charge is -2.07. The zero-order chi connectivity index (χ0) is 9.84. The smallest absolute Gasteiger partial charge is 0.0906 e. The molecule has 0 saturated carbocycles. The SMILES string of the molecule is CCOCc1nc(C)c(C)nc1C. The van der Waals surface area contributed by atoms with Crippen LogP contribution in [-0.4, -0.2) is 16.6 Å². The second-order valence-corrected chi connectivity index (χ2v) is 3.06. The van der Waals surface area contributed by atoms with Crippen molar-refractivity contribution in [1.82, 2.24) is 9.97 Å². The van der Waals surface area contributed by atoms with Gasteiger partial charge in [-0.2, -0.15) is 0 Å². The summed E-state index contributed by atoms with van der Waals surface area (Å²) in [6, 6.07) is 0. The molecule has 0 saturated heterocycles. The van der Waals surface area contributed by atoms with Gasteiger partial charge in [0.2, 0.25) is 0 Å². The summed E-state index contributed by atoms with van der Waals surface area (Å²) >= 11 is 0. The molecule has 0 aliphatic carbocycles. The summed E-state index contributed by atoms with van der Waals surface area (Å²) in [5.41, 5.74) is 3.90. The van der Waals surface area contributed by atoms with Crippen molar-refractivity contribution in [2.75, 3.05) is 6.61 Å². The van der Waals surface area contributed by atoms with Crippen LogP contribution in [0.5, 0.6) is 0 Å². The average molecular weight is 180 g/mol. The minimum atomic E-state index is 0.566. The number of hydrogen-bond acceptors (Lipinski definition) is 3. The molecule has 72 valence electrons. The highest BCUT2D eigenvalue weighted by molar-refractivity contribution is 5.17. The van der Waals surface area contributed by atoms with E-state index in [2.05, 4.69) is 9.97 Å². The quantitative estimate of drug-likeness (QED) is 0.713. The van der Waals surface area contributed by atoms with Crippen LogP contribution in [0.3, 0.4) is 0 Å². The Kier molecular flexibility index (Phi) is 3.37. The van der Waals surface area contributed by atoms with Gasteiger partial charge in [-0.05, 0) is 27.7 Å². The molecule has 13 heavy (non-hydrogen) atoms. The number of hydrogen-bond donors (Lipinski definition) is 0. The van der Waals surface area contributed by atoms with E-state index in [-0.39, 0.29) is 0 Å². The lowest BCUT2D eigenvalue weighted by molar-refractivity contribution is 0.130. The van der Waals surface area contributed by atoms with E-state index in [9.17, 15) is 0 Å². The third-order valence-corrected chi connectivity index (χ3v) is 2.02. The van der Waals surface area contributed by atoms with Crippen molar-refractivity contribution in [2.24, 2.45) is 0 Å². The monoisotopic (exact) mass is 180 g/mol. The van der Waals surface area contributed by atoms with E-state index in [0.717, 1.165) is 22.8 Å². The molecule has 1 rings (SSSR count). The maximum absolute atomic E-state index is 5.29. The highest BCUT2D eigenvalue weighted by Gasteiger charge is 2.04. The topological polar surface area (TPSA) is 35.0 Å². The van der Waals surface area contributed by atoms with Gasteiger partial charge in [-0.25, -0.2) is 0 Å². The first-order valence-electron chi connectivity index (χ1n) is 4.53. The van der Waals surface area contributed by atoms with Gasteiger partial charge in [0.1, 0.15) is 0 Å². The summed E-state index contributed by atoms with van der Waals surface area (Å²) in [7, 11) is 0. The van der Waals surface area contributed by atoms with Crippen LogP contribution in [0.15, 0.2) is 0 Å². The molecule has 0 spiro atoms. The highest BCUT2D eigenvalue weighted by atomic mass is 16.5. The predicted molar refractivity (Wildman–Crippen MR) is 51.6 cm³/mol. The summed E-state index contributed by atoms with van der Waals surface area (Å²) in [6.07, 6.45) is 0. The molecular formula is C10H16N2O. The molecule has 0 N–H and O–H groups in total. The first kappa shape index (κ1) is 10.1. The maximum Gasteiger partial charge on any atom is 0.0906 e. The van der Waals surface area contributed by atoms with Crippen molar-refractivity contribution in [3.8, 4) is 0 Å². The molecule has 3 nitrogen and oxygen atoms in total. The molecule has 0 bridgehead atoms. The zero-order valence-corrected chi connectivity index (χ0v) is 8.72. The minimum Gasteiger partial charge on any atom is -0.375 e. The van der Waals surface area contributed by atoms with E-state index in [1.54, 1.807) is 0 Å². The Bertz CT molecular complexity index is 297. The molecule has 0 unspecified atom stereocenters. The number of ether oxygens (including phenoxy) is 1. The number of aryl methyl sites for hydroxylation is 3. The third kappa shape index (κ3) is 2.49. The summed E-state index contributed by atoms with van der Waals surface area (Å²) in [6.45, 7) is 9.17. The Morgan fingerprint density at radius 2 is 1.62 bits per heavy atom. The van der Waals surface area contributed by atoms with Crippen LogP contribution in [-0.2, 0) is 11.3 Å². The van der Waals surface area contributed by atoms with E-state index in [4.69, 9.17) is 4.74 Å². The normalized spacial score (nSPS) is 10.5. The Labute approximate surface area is 79.2 Å². The Morgan fingerprint density at radius 1 is 1.00 bits per heavy atom. The molecular weight excluding hydrogens is 164 g/mol. The summed E-state index contributed by atoms with van der Waals surface area (Å²) in [5.74, 6) is 0. The minimum absolute atomic E-state index is 0.566. The van der Waals surface area contributed by atoms with Crippen molar-refractivity contribution >= 4 is 0 Å². The Hall–Kier alpha value is -0.960. The van der Waals surface area contributed by atoms with Gasteiger partial charge in [-0.15, -0.1) is 0 Å². The fraction of sp³-hybridized carbons (Fsp3) is 0.600. The lowest BCUT2D eigenvalue weighted by Crippen LogP contribution is -2.04. The summed E-state index contributed by atoms with van der Waals surface area (Å²) < 4.78 is 5.29. The highest BCUT2D eigenvalue weighted by Crippen LogP contribution is 2.07. The van der Waals surface area contributed by atoms with Gasteiger partial charge in [-0.1, -0.05) is 0 Å². The van der Waals surface area contributed by atoms with Gasteiger partial charge in [-0.3, -0.25) is 9.97 Å². The molecule has 0 aliphatic heterocycles. The standard InChI is InChI=1S/C10H16N2O/c1-5-13-6-10-9(4)11-7(2)8(3)12-10/h5-6H2,1-4H3. The van der Waals surface area contributed by atoms with Crippen molar-refractivity contribution in [3.63, 3.8) is 0 Å². The number of nitrogens with zero attached hydrogens (tertiary/aromatic N) is 2. The predicted octanol–water partition coefficient (Wildman–Crippen LogP) is 1.94. The van der Waals surface area contributed by atoms with E-state index in [0.29, 0.717) is 13.2 Å². The van der Waals surface area contributed by atoms with Crippen molar-refractivity contribution in [1.29, 1.82) is 0 Å². The Morgan fingerprint density at radius 3 is 2.23 bits per heavy atom. The molecule has 0 radical (unpaired) electrons. The fourth-order valence-corrected chi connectivity index (χ4v) is 1.10. The molecule has 0 aromatic carbocycles. The molecule has 0 aliphatic rings. The summed E-state index contributed by atoms with van der Waals surface area (Å²) in [4.78, 5) is 8.81. The van der Waals surface area contributed by atoms with Gasteiger partial charge in [0.25, 0.3) is 0 Å². The van der Waals surface area contributed by atoms with Crippen LogP contribution in [0, 0.1) is 20.8 Å². The first-order chi connectivity index (χ1) is 6.15. The second-order valence-electron chi connectivity index (χ2n) is 3.06. The van der Waals surface area contributed by atoms with Gasteiger partial charge < -0.3 is 4.74 Å². The number of aromatic nitrogens is 2. The van der Waals surface area contributed by atoms with Crippen LogP contribution in [0.4, 0.5) is 0 Å². The zero-order valence-electron chi connectivity index (χ0n) is 8.72. The van der Waals surface area contributed by atoms with Crippen LogP contribution in [0.25, 0.3) is 0 Å². The van der Waals surface area contributed by atoms with E-state index < -0.39 is 0 Å². The molecule has 1 heterocycles. The van der Waals surface area contributed by atoms with E-state index in [1.165, 1.54) is 0 Å².